The molecule has 0 fully saturated rings. The highest BCUT2D eigenvalue weighted by atomic mass is 32.1. The highest BCUT2D eigenvalue weighted by Gasteiger charge is 2.19. The first-order chi connectivity index (χ1) is 20.3. The Morgan fingerprint density at radius 2 is 1.24 bits per heavy atom. The fourth-order valence-electron chi connectivity index (χ4n) is 6.28. The molecular formula is C37H23N3S. The minimum absolute atomic E-state index is 0.984. The van der Waals surface area contributed by atoms with Crippen molar-refractivity contribution in [2.24, 2.45) is 0 Å². The smallest absolute Gasteiger partial charge is 0.0949 e. The van der Waals surface area contributed by atoms with Crippen molar-refractivity contribution in [2.75, 3.05) is 0 Å². The standard InChI is InChI=1S/C37H23N3S/c1-2-9-24(10-3-1)25-17-19-26(20-18-25)39-23-31-32(38-39)22-21-29-27-11-4-6-14-33(27)40(36(29)31)34-15-8-13-30-28-12-5-7-16-35(28)41-37(30)34/h1-23H. The molecule has 4 heteroatoms. The van der Waals surface area contributed by atoms with Crippen molar-refractivity contribution in [1.82, 2.24) is 14.3 Å². The summed E-state index contributed by atoms with van der Waals surface area (Å²) in [7, 11) is 0. The lowest BCUT2D eigenvalue weighted by molar-refractivity contribution is 0.896. The molecule has 0 radical (unpaired) electrons. The number of aromatic nitrogens is 3. The van der Waals surface area contributed by atoms with E-state index in [-0.39, 0.29) is 0 Å². The maximum Gasteiger partial charge on any atom is 0.0949 e. The van der Waals surface area contributed by atoms with Gasteiger partial charge in [-0.25, -0.2) is 4.68 Å². The van der Waals surface area contributed by atoms with Gasteiger partial charge in [-0.2, -0.15) is 5.10 Å². The van der Waals surface area contributed by atoms with E-state index in [0.29, 0.717) is 0 Å². The monoisotopic (exact) mass is 541 g/mol. The van der Waals surface area contributed by atoms with Crippen LogP contribution in [0.1, 0.15) is 0 Å². The number of fused-ring (bicyclic) bond motifs is 8. The molecule has 41 heavy (non-hydrogen) atoms. The zero-order valence-corrected chi connectivity index (χ0v) is 22.8. The van der Waals surface area contributed by atoms with Crippen LogP contribution in [-0.2, 0) is 0 Å². The summed E-state index contributed by atoms with van der Waals surface area (Å²) >= 11 is 1.87. The number of benzene rings is 6. The molecule has 3 aromatic heterocycles. The summed E-state index contributed by atoms with van der Waals surface area (Å²) < 4.78 is 7.08. The van der Waals surface area contributed by atoms with Crippen LogP contribution < -0.4 is 0 Å². The lowest BCUT2D eigenvalue weighted by Crippen LogP contribution is -1.94. The SMILES string of the molecule is c1ccc(-c2ccc(-n3cc4c(ccc5c6ccccc6n(-c6cccc7c6sc6ccccc67)c45)n3)cc2)cc1. The van der Waals surface area contributed by atoms with Gasteiger partial charge in [0.15, 0.2) is 0 Å². The Bertz CT molecular complexity index is 2410. The fraction of sp³-hybridized carbons (Fsp3) is 0. The summed E-state index contributed by atoms with van der Waals surface area (Å²) in [6.07, 6.45) is 2.19. The topological polar surface area (TPSA) is 22.8 Å². The van der Waals surface area contributed by atoms with Crippen molar-refractivity contribution in [2.45, 2.75) is 0 Å². The second-order valence-corrected chi connectivity index (χ2v) is 11.5. The second-order valence-electron chi connectivity index (χ2n) is 10.5. The normalized spacial score (nSPS) is 11.9. The van der Waals surface area contributed by atoms with Crippen molar-refractivity contribution < 1.29 is 0 Å². The number of nitrogens with zero attached hydrogens (tertiary/aromatic N) is 3. The molecule has 0 N–H and O–H groups in total. The molecule has 0 amide bonds. The summed E-state index contributed by atoms with van der Waals surface area (Å²) in [5.41, 5.74) is 8.06. The average Bonchev–Trinajstić information content (AvgIpc) is 3.73. The van der Waals surface area contributed by atoms with Gasteiger partial charge in [0.1, 0.15) is 0 Å². The largest absolute Gasteiger partial charge is 0.307 e. The summed E-state index contributed by atoms with van der Waals surface area (Å²) in [6, 6.07) is 47.7. The van der Waals surface area contributed by atoms with E-state index in [1.165, 1.54) is 58.8 Å². The first-order valence-corrected chi connectivity index (χ1v) is 14.6. The molecule has 0 unspecified atom stereocenters. The average molecular weight is 542 g/mol. The molecular weight excluding hydrogens is 518 g/mol. The number of thiophene rings is 1. The van der Waals surface area contributed by atoms with Crippen molar-refractivity contribution in [3.05, 3.63) is 140 Å². The second kappa shape index (κ2) is 8.65. The lowest BCUT2D eigenvalue weighted by Gasteiger charge is -2.10. The predicted octanol–water partition coefficient (Wildman–Crippen LogP) is 10.2. The van der Waals surface area contributed by atoms with Gasteiger partial charge in [0.2, 0.25) is 0 Å². The van der Waals surface area contributed by atoms with E-state index >= 15 is 0 Å². The molecule has 0 aliphatic heterocycles. The van der Waals surface area contributed by atoms with Crippen LogP contribution in [0.3, 0.4) is 0 Å². The maximum absolute atomic E-state index is 5.04. The Balaban J connectivity index is 1.31. The van der Waals surface area contributed by atoms with E-state index in [4.69, 9.17) is 5.10 Å². The Labute approximate surface area is 240 Å². The van der Waals surface area contributed by atoms with Crippen LogP contribution in [0.15, 0.2) is 140 Å². The Kier molecular flexibility index (Phi) is 4.77. The van der Waals surface area contributed by atoms with Gasteiger partial charge in [-0.1, -0.05) is 91.0 Å². The van der Waals surface area contributed by atoms with Gasteiger partial charge in [-0.3, -0.25) is 0 Å². The molecule has 3 nitrogen and oxygen atoms in total. The zero-order valence-electron chi connectivity index (χ0n) is 22.0. The van der Waals surface area contributed by atoms with E-state index in [2.05, 4.69) is 144 Å². The Morgan fingerprint density at radius 3 is 2.12 bits per heavy atom. The van der Waals surface area contributed by atoms with E-state index in [0.717, 1.165) is 16.6 Å². The maximum atomic E-state index is 5.04. The van der Waals surface area contributed by atoms with E-state index in [1.54, 1.807) is 0 Å². The Hall–Kier alpha value is -5.19. The molecule has 192 valence electrons. The van der Waals surface area contributed by atoms with E-state index in [9.17, 15) is 0 Å². The van der Waals surface area contributed by atoms with Crippen molar-refractivity contribution >= 4 is 64.2 Å². The first-order valence-electron chi connectivity index (χ1n) is 13.8. The third-order valence-electron chi connectivity index (χ3n) is 8.18. The third-order valence-corrected chi connectivity index (χ3v) is 9.39. The highest BCUT2D eigenvalue weighted by Crippen LogP contribution is 2.42. The van der Waals surface area contributed by atoms with Gasteiger partial charge in [-0.15, -0.1) is 11.3 Å². The van der Waals surface area contributed by atoms with Crippen LogP contribution in [0.5, 0.6) is 0 Å². The first kappa shape index (κ1) is 22.6. The quantitative estimate of drug-likeness (QED) is 0.218. The van der Waals surface area contributed by atoms with Crippen molar-refractivity contribution in [3.8, 4) is 22.5 Å². The predicted molar refractivity (Wildman–Crippen MR) is 174 cm³/mol. The summed E-state index contributed by atoms with van der Waals surface area (Å²) in [6.45, 7) is 0. The molecule has 6 aromatic carbocycles. The van der Waals surface area contributed by atoms with Crippen LogP contribution in [0.4, 0.5) is 0 Å². The van der Waals surface area contributed by atoms with Gasteiger partial charge in [0.25, 0.3) is 0 Å². The molecule has 0 aliphatic rings. The van der Waals surface area contributed by atoms with Gasteiger partial charge in [0.05, 0.1) is 32.6 Å². The minimum Gasteiger partial charge on any atom is -0.307 e. The minimum atomic E-state index is 0.984. The highest BCUT2D eigenvalue weighted by molar-refractivity contribution is 7.26. The summed E-state index contributed by atoms with van der Waals surface area (Å²) in [4.78, 5) is 0. The van der Waals surface area contributed by atoms with E-state index in [1.807, 2.05) is 16.0 Å². The van der Waals surface area contributed by atoms with Crippen LogP contribution in [0, 0.1) is 0 Å². The number of rotatable bonds is 3. The molecule has 0 saturated carbocycles. The van der Waals surface area contributed by atoms with Crippen molar-refractivity contribution in [1.29, 1.82) is 0 Å². The number of hydrogen-bond acceptors (Lipinski definition) is 2. The molecule has 0 atom stereocenters. The van der Waals surface area contributed by atoms with Crippen LogP contribution in [0.2, 0.25) is 0 Å². The van der Waals surface area contributed by atoms with Gasteiger partial charge in [-0.05, 0) is 53.6 Å². The molecule has 0 spiro atoms. The van der Waals surface area contributed by atoms with Crippen LogP contribution in [0.25, 0.3) is 75.4 Å². The summed E-state index contributed by atoms with van der Waals surface area (Å²) in [5, 5.41) is 11.3. The molecule has 0 saturated heterocycles. The lowest BCUT2D eigenvalue weighted by atomic mass is 10.1. The summed E-state index contributed by atoms with van der Waals surface area (Å²) in [5.74, 6) is 0. The Morgan fingerprint density at radius 1 is 0.512 bits per heavy atom. The van der Waals surface area contributed by atoms with Gasteiger partial charge >= 0.3 is 0 Å². The van der Waals surface area contributed by atoms with Crippen LogP contribution >= 0.6 is 11.3 Å². The van der Waals surface area contributed by atoms with Gasteiger partial charge < -0.3 is 4.57 Å². The van der Waals surface area contributed by atoms with E-state index < -0.39 is 0 Å². The fourth-order valence-corrected chi connectivity index (χ4v) is 7.49. The van der Waals surface area contributed by atoms with Crippen LogP contribution in [-0.4, -0.2) is 14.3 Å². The molecule has 0 aliphatic carbocycles. The van der Waals surface area contributed by atoms with Crippen molar-refractivity contribution in [3.63, 3.8) is 0 Å². The molecule has 9 aromatic rings. The molecule has 3 heterocycles. The van der Waals surface area contributed by atoms with Gasteiger partial charge in [0, 0.05) is 37.8 Å². The third kappa shape index (κ3) is 3.35. The number of hydrogen-bond donors (Lipinski definition) is 0. The number of para-hydroxylation sites is 1. The zero-order chi connectivity index (χ0) is 26.9. The molecule has 0 bridgehead atoms. The molecule has 9 rings (SSSR count).